The quantitative estimate of drug-likeness (QED) is 0.289. The second kappa shape index (κ2) is 9.38. The average molecular weight is 466 g/mol. The predicted molar refractivity (Wildman–Crippen MR) is 129 cm³/mol. The fraction of sp³-hybridized carbons (Fsp3) is 0.125. The summed E-state index contributed by atoms with van der Waals surface area (Å²) in [5.74, 6) is 0.934. The number of carbonyl (C=O) groups excluding carboxylic acids is 1. The van der Waals surface area contributed by atoms with Crippen molar-refractivity contribution in [3.8, 4) is 22.8 Å². The molecule has 1 amide bonds. The number of pyridine rings is 1. The summed E-state index contributed by atoms with van der Waals surface area (Å²) in [5, 5.41) is 4.99. The van der Waals surface area contributed by atoms with E-state index >= 15 is 0 Å². The molecule has 4 rings (SSSR count). The second-order valence-corrected chi connectivity index (χ2v) is 8.60. The van der Waals surface area contributed by atoms with Crippen LogP contribution in [0.3, 0.4) is 0 Å². The molecule has 4 aromatic rings. The van der Waals surface area contributed by atoms with E-state index in [1.54, 1.807) is 32.4 Å². The van der Waals surface area contributed by atoms with Gasteiger partial charge >= 0.3 is 0 Å². The number of hydrogen-bond acceptors (Lipinski definition) is 6. The van der Waals surface area contributed by atoms with Crippen LogP contribution in [0.2, 0.25) is 4.34 Å². The lowest BCUT2D eigenvalue weighted by molar-refractivity contribution is 0.0956. The zero-order chi connectivity index (χ0) is 22.7. The number of fused-ring (bicyclic) bond motifs is 1. The van der Waals surface area contributed by atoms with E-state index in [9.17, 15) is 4.79 Å². The van der Waals surface area contributed by atoms with E-state index in [0.29, 0.717) is 38.3 Å². The average Bonchev–Trinajstić information content (AvgIpc) is 3.27. The van der Waals surface area contributed by atoms with Crippen LogP contribution in [0.4, 0.5) is 0 Å². The Balaban J connectivity index is 1.75. The number of benzene rings is 2. The van der Waals surface area contributed by atoms with Gasteiger partial charge in [0.15, 0.2) is 0 Å². The Morgan fingerprint density at radius 3 is 2.59 bits per heavy atom. The smallest absolute Gasteiger partial charge is 0.272 e. The molecule has 0 aliphatic rings. The highest BCUT2D eigenvalue weighted by Crippen LogP contribution is 2.34. The molecule has 6 nitrogen and oxygen atoms in total. The Kier molecular flexibility index (Phi) is 6.39. The number of nitrogens with one attached hydrogen (secondary N) is 1. The minimum atomic E-state index is -0.334. The maximum absolute atomic E-state index is 13.1. The van der Waals surface area contributed by atoms with Crippen molar-refractivity contribution in [2.24, 2.45) is 5.10 Å². The molecule has 0 aliphatic carbocycles. The Bertz CT molecular complexity index is 1330. The minimum absolute atomic E-state index is 0.334. The molecule has 0 spiro atoms. The molecule has 2 aromatic heterocycles. The predicted octanol–water partition coefficient (Wildman–Crippen LogP) is 5.79. The standard InChI is InChI=1S/C24H20ClN3O3S/c1-14(22-10-11-23(25)32-22)27-28-24(29)18-13-20(26-19-7-5-4-6-16(18)19)17-9-8-15(30-2)12-21(17)31-3/h4-13H,1-3H3,(H,28,29)/b27-14-. The van der Waals surface area contributed by atoms with Gasteiger partial charge in [-0.1, -0.05) is 29.8 Å². The summed E-state index contributed by atoms with van der Waals surface area (Å²) in [7, 11) is 3.18. The van der Waals surface area contributed by atoms with Crippen LogP contribution < -0.4 is 14.9 Å². The molecule has 0 saturated carbocycles. The van der Waals surface area contributed by atoms with Gasteiger partial charge in [0.05, 0.1) is 45.9 Å². The Morgan fingerprint density at radius 2 is 1.88 bits per heavy atom. The molecule has 2 aromatic carbocycles. The molecule has 8 heteroatoms. The molecule has 0 unspecified atom stereocenters. The number of thiophene rings is 1. The van der Waals surface area contributed by atoms with Crippen LogP contribution in [-0.2, 0) is 0 Å². The van der Waals surface area contributed by atoms with Gasteiger partial charge in [0, 0.05) is 17.0 Å². The molecule has 0 atom stereocenters. The van der Waals surface area contributed by atoms with Crippen LogP contribution >= 0.6 is 22.9 Å². The highest BCUT2D eigenvalue weighted by atomic mass is 35.5. The number of hydrogen-bond donors (Lipinski definition) is 1. The zero-order valence-corrected chi connectivity index (χ0v) is 19.3. The molecule has 1 N–H and O–H groups in total. The number of aromatic nitrogens is 1. The lowest BCUT2D eigenvalue weighted by Gasteiger charge is -2.13. The maximum Gasteiger partial charge on any atom is 0.272 e. The molecule has 32 heavy (non-hydrogen) atoms. The number of halogens is 1. The molecule has 0 fully saturated rings. The summed E-state index contributed by atoms with van der Waals surface area (Å²) in [6, 6.07) is 18.4. The van der Waals surface area contributed by atoms with Gasteiger partial charge in [0.2, 0.25) is 0 Å². The summed E-state index contributed by atoms with van der Waals surface area (Å²) < 4.78 is 11.5. The van der Waals surface area contributed by atoms with Gasteiger partial charge in [-0.05, 0) is 43.3 Å². The van der Waals surface area contributed by atoms with Gasteiger partial charge in [0.1, 0.15) is 11.5 Å². The van der Waals surface area contributed by atoms with Crippen molar-refractivity contribution >= 4 is 45.5 Å². The third-order valence-electron chi connectivity index (χ3n) is 4.90. The van der Waals surface area contributed by atoms with Crippen molar-refractivity contribution in [1.29, 1.82) is 0 Å². The fourth-order valence-electron chi connectivity index (χ4n) is 3.27. The van der Waals surface area contributed by atoms with Gasteiger partial charge in [-0.15, -0.1) is 11.3 Å². The van der Waals surface area contributed by atoms with Gasteiger partial charge in [0.25, 0.3) is 5.91 Å². The monoisotopic (exact) mass is 465 g/mol. The first-order valence-electron chi connectivity index (χ1n) is 9.72. The van der Waals surface area contributed by atoms with Crippen LogP contribution in [0.5, 0.6) is 11.5 Å². The number of para-hydroxylation sites is 1. The first kappa shape index (κ1) is 21.8. The maximum atomic E-state index is 13.1. The second-order valence-electron chi connectivity index (χ2n) is 6.88. The normalized spacial score (nSPS) is 11.4. The topological polar surface area (TPSA) is 72.8 Å². The van der Waals surface area contributed by atoms with E-state index < -0.39 is 0 Å². The van der Waals surface area contributed by atoms with E-state index in [1.165, 1.54) is 11.3 Å². The Hall–Kier alpha value is -3.42. The van der Waals surface area contributed by atoms with E-state index in [1.807, 2.05) is 49.4 Å². The number of amides is 1. The third kappa shape index (κ3) is 4.44. The molecular weight excluding hydrogens is 446 g/mol. The van der Waals surface area contributed by atoms with Crippen LogP contribution in [0.15, 0.2) is 65.8 Å². The molecule has 0 bridgehead atoms. The third-order valence-corrected chi connectivity index (χ3v) is 6.24. The summed E-state index contributed by atoms with van der Waals surface area (Å²) in [6.45, 7) is 1.82. The lowest BCUT2D eigenvalue weighted by Crippen LogP contribution is -2.19. The van der Waals surface area contributed by atoms with Crippen molar-refractivity contribution < 1.29 is 14.3 Å². The number of hydrazone groups is 1. The molecule has 0 saturated heterocycles. The largest absolute Gasteiger partial charge is 0.497 e. The number of rotatable bonds is 6. The van der Waals surface area contributed by atoms with Gasteiger partial charge in [-0.2, -0.15) is 5.10 Å². The van der Waals surface area contributed by atoms with E-state index in [0.717, 1.165) is 15.8 Å². The molecule has 0 aliphatic heterocycles. The van der Waals surface area contributed by atoms with Crippen molar-refractivity contribution in [2.45, 2.75) is 6.92 Å². The molecule has 0 radical (unpaired) electrons. The molecular formula is C24H20ClN3O3S. The fourth-order valence-corrected chi connectivity index (χ4v) is 4.26. The SMILES string of the molecule is COc1ccc(-c2cc(C(=O)N/N=C(/C)c3ccc(Cl)s3)c3ccccc3n2)c(OC)c1. The lowest BCUT2D eigenvalue weighted by atomic mass is 10.0. The number of methoxy groups -OCH3 is 2. The van der Waals surface area contributed by atoms with Crippen LogP contribution in [-0.4, -0.2) is 30.8 Å². The van der Waals surface area contributed by atoms with E-state index in [-0.39, 0.29) is 5.91 Å². The summed E-state index contributed by atoms with van der Waals surface area (Å²) in [4.78, 5) is 18.8. The van der Waals surface area contributed by atoms with Gasteiger partial charge < -0.3 is 9.47 Å². The van der Waals surface area contributed by atoms with Gasteiger partial charge in [-0.25, -0.2) is 10.4 Å². The van der Waals surface area contributed by atoms with Crippen LogP contribution in [0.25, 0.3) is 22.2 Å². The summed E-state index contributed by atoms with van der Waals surface area (Å²) in [6.07, 6.45) is 0. The summed E-state index contributed by atoms with van der Waals surface area (Å²) in [5.41, 5.74) is 5.85. The van der Waals surface area contributed by atoms with Crippen molar-refractivity contribution in [3.63, 3.8) is 0 Å². The van der Waals surface area contributed by atoms with Crippen LogP contribution in [0, 0.1) is 0 Å². The molecule has 162 valence electrons. The van der Waals surface area contributed by atoms with E-state index in [4.69, 9.17) is 26.1 Å². The van der Waals surface area contributed by atoms with Crippen LogP contribution in [0.1, 0.15) is 22.2 Å². The Labute approximate surface area is 194 Å². The number of carbonyl (C=O) groups is 1. The zero-order valence-electron chi connectivity index (χ0n) is 17.7. The Morgan fingerprint density at radius 1 is 1.06 bits per heavy atom. The highest BCUT2D eigenvalue weighted by molar-refractivity contribution is 7.18. The molecule has 2 heterocycles. The first-order valence-corrected chi connectivity index (χ1v) is 10.9. The van der Waals surface area contributed by atoms with Gasteiger partial charge in [-0.3, -0.25) is 4.79 Å². The van der Waals surface area contributed by atoms with E-state index in [2.05, 4.69) is 10.5 Å². The first-order chi connectivity index (χ1) is 15.5. The van der Waals surface area contributed by atoms with Crippen molar-refractivity contribution in [2.75, 3.05) is 14.2 Å². The number of nitrogens with zero attached hydrogens (tertiary/aromatic N) is 2. The minimum Gasteiger partial charge on any atom is -0.497 e. The highest BCUT2D eigenvalue weighted by Gasteiger charge is 2.16. The van der Waals surface area contributed by atoms with Crippen molar-refractivity contribution in [1.82, 2.24) is 10.4 Å². The van der Waals surface area contributed by atoms with Crippen molar-refractivity contribution in [3.05, 3.63) is 75.4 Å². The number of ether oxygens (including phenoxy) is 2. The summed E-state index contributed by atoms with van der Waals surface area (Å²) >= 11 is 7.40.